The van der Waals surface area contributed by atoms with Gasteiger partial charge in [0.1, 0.15) is 0 Å². The quantitative estimate of drug-likeness (QED) is 0.704. The summed E-state index contributed by atoms with van der Waals surface area (Å²) in [5, 5.41) is 6.14. The van der Waals surface area contributed by atoms with Crippen LogP contribution in [0.1, 0.15) is 26.3 Å². The smallest absolute Gasteiger partial charge is 0.243 e. The molecule has 2 N–H and O–H groups in total. The van der Waals surface area contributed by atoms with Crippen molar-refractivity contribution in [1.29, 1.82) is 0 Å². The van der Waals surface area contributed by atoms with Crippen LogP contribution in [0.2, 0.25) is 0 Å². The molecule has 1 aromatic carbocycles. The van der Waals surface area contributed by atoms with E-state index in [1.54, 1.807) is 25.1 Å². The molecular formula is C18H31ClN4O3S. The Labute approximate surface area is 168 Å². The van der Waals surface area contributed by atoms with E-state index in [4.69, 9.17) is 0 Å². The summed E-state index contributed by atoms with van der Waals surface area (Å²) in [5.41, 5.74) is 1.18. The van der Waals surface area contributed by atoms with E-state index < -0.39 is 10.0 Å². The number of carbonyl (C=O) groups excluding carboxylic acids is 1. The standard InChI is InChI=1S/C18H30N4O3S.ClH/c1-5-22(6-2)26(24,25)17-11-16(8-7-14(17)3)20-18(23)13-21-10-9-19-12-15(21)4;/h7-8,11,15,19H,5-6,9-10,12-13H2,1-4H3,(H,20,23);1H/t15-;/m1./s1. The third-order valence-electron chi connectivity index (χ3n) is 4.78. The van der Waals surface area contributed by atoms with Crippen molar-refractivity contribution in [3.05, 3.63) is 23.8 Å². The Balaban J connectivity index is 0.00000364. The van der Waals surface area contributed by atoms with Crippen molar-refractivity contribution in [2.75, 3.05) is 44.6 Å². The van der Waals surface area contributed by atoms with Gasteiger partial charge in [0.25, 0.3) is 0 Å². The van der Waals surface area contributed by atoms with Gasteiger partial charge in [-0.25, -0.2) is 8.42 Å². The van der Waals surface area contributed by atoms with Crippen LogP contribution in [0.25, 0.3) is 0 Å². The van der Waals surface area contributed by atoms with Gasteiger partial charge in [0.15, 0.2) is 0 Å². The molecule has 1 heterocycles. The van der Waals surface area contributed by atoms with Crippen molar-refractivity contribution >= 4 is 34.0 Å². The van der Waals surface area contributed by atoms with E-state index in [1.807, 2.05) is 13.8 Å². The molecule has 2 rings (SSSR count). The van der Waals surface area contributed by atoms with Crippen LogP contribution in [0.4, 0.5) is 5.69 Å². The second-order valence-corrected chi connectivity index (χ2v) is 8.55. The number of benzene rings is 1. The maximum Gasteiger partial charge on any atom is 0.243 e. The summed E-state index contributed by atoms with van der Waals surface area (Å²) in [7, 11) is -3.56. The zero-order valence-electron chi connectivity index (χ0n) is 16.5. The molecule has 0 aromatic heterocycles. The molecule has 1 fully saturated rings. The van der Waals surface area contributed by atoms with Gasteiger partial charge in [-0.3, -0.25) is 9.69 Å². The van der Waals surface area contributed by atoms with Crippen LogP contribution in [-0.4, -0.2) is 68.8 Å². The van der Waals surface area contributed by atoms with E-state index in [1.165, 1.54) is 4.31 Å². The average Bonchev–Trinajstić information content (AvgIpc) is 2.59. The number of nitrogens with one attached hydrogen (secondary N) is 2. The first-order chi connectivity index (χ1) is 12.3. The normalized spacial score (nSPS) is 18.2. The maximum absolute atomic E-state index is 12.8. The number of halogens is 1. The molecule has 0 radical (unpaired) electrons. The number of aryl methyl sites for hydroxylation is 1. The molecule has 7 nitrogen and oxygen atoms in total. The molecule has 9 heteroatoms. The first-order valence-electron chi connectivity index (χ1n) is 9.15. The first kappa shape index (κ1) is 23.8. The minimum absolute atomic E-state index is 0. The van der Waals surface area contributed by atoms with E-state index >= 15 is 0 Å². The van der Waals surface area contributed by atoms with Gasteiger partial charge in [0, 0.05) is 44.5 Å². The van der Waals surface area contributed by atoms with Gasteiger partial charge in [-0.2, -0.15) is 4.31 Å². The monoisotopic (exact) mass is 418 g/mol. The fraction of sp³-hybridized carbons (Fsp3) is 0.611. The molecule has 154 valence electrons. The Morgan fingerprint density at radius 3 is 2.59 bits per heavy atom. The fourth-order valence-corrected chi connectivity index (χ4v) is 4.87. The Morgan fingerprint density at radius 2 is 2.00 bits per heavy atom. The molecule has 1 amide bonds. The van der Waals surface area contributed by atoms with Crippen LogP contribution < -0.4 is 10.6 Å². The summed E-state index contributed by atoms with van der Waals surface area (Å²) in [6, 6.07) is 5.34. The van der Waals surface area contributed by atoms with E-state index in [0.717, 1.165) is 19.6 Å². The Morgan fingerprint density at radius 1 is 1.33 bits per heavy atom. The minimum atomic E-state index is -3.56. The summed E-state index contributed by atoms with van der Waals surface area (Å²) in [6.45, 7) is 11.2. The Kier molecular flexibility index (Phi) is 9.17. The number of nitrogens with zero attached hydrogens (tertiary/aromatic N) is 2. The van der Waals surface area contributed by atoms with Crippen molar-refractivity contribution in [2.45, 2.75) is 38.6 Å². The fourth-order valence-electron chi connectivity index (χ4n) is 3.16. The van der Waals surface area contributed by atoms with Crippen LogP contribution in [0.3, 0.4) is 0 Å². The van der Waals surface area contributed by atoms with Crippen molar-refractivity contribution in [3.8, 4) is 0 Å². The van der Waals surface area contributed by atoms with Gasteiger partial charge < -0.3 is 10.6 Å². The van der Waals surface area contributed by atoms with E-state index in [9.17, 15) is 13.2 Å². The van der Waals surface area contributed by atoms with Crippen molar-refractivity contribution in [2.24, 2.45) is 0 Å². The molecule has 1 aromatic rings. The maximum atomic E-state index is 12.8. The topological polar surface area (TPSA) is 81.8 Å². The van der Waals surface area contributed by atoms with Crippen molar-refractivity contribution in [3.63, 3.8) is 0 Å². The number of piperazine rings is 1. The molecule has 0 unspecified atom stereocenters. The summed E-state index contributed by atoms with van der Waals surface area (Å²) >= 11 is 0. The highest BCUT2D eigenvalue weighted by atomic mass is 35.5. The predicted molar refractivity (Wildman–Crippen MR) is 111 cm³/mol. The third-order valence-corrected chi connectivity index (χ3v) is 6.97. The summed E-state index contributed by atoms with van der Waals surface area (Å²) in [5.74, 6) is -0.131. The molecule has 27 heavy (non-hydrogen) atoms. The number of rotatable bonds is 7. The van der Waals surface area contributed by atoms with Crippen LogP contribution in [0, 0.1) is 6.92 Å². The lowest BCUT2D eigenvalue weighted by atomic mass is 10.2. The lowest BCUT2D eigenvalue weighted by molar-refractivity contribution is -0.118. The first-order valence-corrected chi connectivity index (χ1v) is 10.6. The summed E-state index contributed by atoms with van der Waals surface area (Å²) in [4.78, 5) is 14.7. The highest BCUT2D eigenvalue weighted by Gasteiger charge is 2.24. The molecular weight excluding hydrogens is 388 g/mol. The molecule has 1 aliphatic heterocycles. The second kappa shape index (κ2) is 10.4. The largest absolute Gasteiger partial charge is 0.325 e. The van der Waals surface area contributed by atoms with Gasteiger partial charge in [-0.1, -0.05) is 19.9 Å². The average molecular weight is 419 g/mol. The molecule has 0 saturated carbocycles. The van der Waals surface area contributed by atoms with Crippen molar-refractivity contribution in [1.82, 2.24) is 14.5 Å². The Hall–Kier alpha value is -1.19. The number of sulfonamides is 1. The van der Waals surface area contributed by atoms with Gasteiger partial charge >= 0.3 is 0 Å². The number of anilines is 1. The van der Waals surface area contributed by atoms with E-state index in [0.29, 0.717) is 36.9 Å². The molecule has 0 aliphatic carbocycles. The zero-order valence-corrected chi connectivity index (χ0v) is 18.1. The Bertz CT molecular complexity index is 738. The predicted octanol–water partition coefficient (Wildman–Crippen LogP) is 1.68. The minimum Gasteiger partial charge on any atom is -0.325 e. The van der Waals surface area contributed by atoms with Crippen LogP contribution in [0.15, 0.2) is 23.1 Å². The molecule has 1 atom stereocenters. The highest BCUT2D eigenvalue weighted by Crippen LogP contribution is 2.23. The van der Waals surface area contributed by atoms with E-state index in [-0.39, 0.29) is 23.2 Å². The third kappa shape index (κ3) is 5.89. The number of amides is 1. The van der Waals surface area contributed by atoms with Gasteiger partial charge in [0.05, 0.1) is 11.4 Å². The summed E-state index contributed by atoms with van der Waals surface area (Å²) < 4.78 is 27.0. The number of carbonyl (C=O) groups is 1. The van der Waals surface area contributed by atoms with Crippen molar-refractivity contribution < 1.29 is 13.2 Å². The molecule has 0 bridgehead atoms. The number of hydrogen-bond donors (Lipinski definition) is 2. The van der Waals surface area contributed by atoms with Crippen LogP contribution in [0.5, 0.6) is 0 Å². The second-order valence-electron chi connectivity index (χ2n) is 6.64. The molecule has 0 spiro atoms. The number of hydrogen-bond acceptors (Lipinski definition) is 5. The SMILES string of the molecule is CCN(CC)S(=O)(=O)c1cc(NC(=O)CN2CCNC[C@H]2C)ccc1C.Cl. The summed E-state index contributed by atoms with van der Waals surface area (Å²) in [6.07, 6.45) is 0. The molecule has 1 aliphatic rings. The van der Waals surface area contributed by atoms with E-state index in [2.05, 4.69) is 22.5 Å². The van der Waals surface area contributed by atoms with Crippen LogP contribution in [-0.2, 0) is 14.8 Å². The molecule has 1 saturated heterocycles. The highest BCUT2D eigenvalue weighted by molar-refractivity contribution is 7.89. The van der Waals surface area contributed by atoms with Gasteiger partial charge in [0.2, 0.25) is 15.9 Å². The zero-order chi connectivity index (χ0) is 19.3. The van der Waals surface area contributed by atoms with Crippen LogP contribution >= 0.6 is 12.4 Å². The lowest BCUT2D eigenvalue weighted by Crippen LogP contribution is -2.51. The van der Waals surface area contributed by atoms with Gasteiger partial charge in [-0.05, 0) is 31.5 Å². The lowest BCUT2D eigenvalue weighted by Gasteiger charge is -2.33. The van der Waals surface area contributed by atoms with Gasteiger partial charge in [-0.15, -0.1) is 12.4 Å².